The quantitative estimate of drug-likeness (QED) is 0.895. The Labute approximate surface area is 108 Å². The fourth-order valence-electron chi connectivity index (χ4n) is 2.20. The molecule has 0 radical (unpaired) electrons. The number of hydrogen-bond acceptors (Lipinski definition) is 2. The van der Waals surface area contributed by atoms with E-state index in [4.69, 9.17) is 4.74 Å². The van der Waals surface area contributed by atoms with Crippen LogP contribution in [0.15, 0.2) is 48.5 Å². The first-order chi connectivity index (χ1) is 8.55. The standard InChI is InChI=1S/C16H18O2/c1-12-7-4-5-10-15(12)16(2,17)13-8-6-9-14(11-13)18-3/h4-11,17H,1-3H3. The summed E-state index contributed by atoms with van der Waals surface area (Å²) in [5, 5.41) is 10.8. The molecular weight excluding hydrogens is 224 g/mol. The molecule has 1 atom stereocenters. The lowest BCUT2D eigenvalue weighted by Crippen LogP contribution is -2.23. The third-order valence-electron chi connectivity index (χ3n) is 3.30. The SMILES string of the molecule is COc1cccc(C(C)(O)c2ccccc2C)c1. The molecule has 0 aliphatic rings. The van der Waals surface area contributed by atoms with Crippen LogP contribution in [0.2, 0.25) is 0 Å². The molecule has 0 bridgehead atoms. The van der Waals surface area contributed by atoms with Crippen molar-refractivity contribution in [3.63, 3.8) is 0 Å². The van der Waals surface area contributed by atoms with Gasteiger partial charge in [0, 0.05) is 0 Å². The van der Waals surface area contributed by atoms with E-state index in [2.05, 4.69) is 0 Å². The van der Waals surface area contributed by atoms with Crippen LogP contribution in [-0.4, -0.2) is 12.2 Å². The average Bonchev–Trinajstić information content (AvgIpc) is 2.39. The van der Waals surface area contributed by atoms with Crippen LogP contribution in [0.3, 0.4) is 0 Å². The molecule has 1 N–H and O–H groups in total. The summed E-state index contributed by atoms with van der Waals surface area (Å²) < 4.78 is 5.21. The Bertz CT molecular complexity index is 544. The van der Waals surface area contributed by atoms with Gasteiger partial charge in [0.1, 0.15) is 11.4 Å². The van der Waals surface area contributed by atoms with Crippen molar-refractivity contribution < 1.29 is 9.84 Å². The van der Waals surface area contributed by atoms with Gasteiger partial charge < -0.3 is 9.84 Å². The van der Waals surface area contributed by atoms with Crippen LogP contribution in [0.1, 0.15) is 23.6 Å². The maximum atomic E-state index is 10.8. The summed E-state index contributed by atoms with van der Waals surface area (Å²) in [5.41, 5.74) is 1.81. The van der Waals surface area contributed by atoms with Crippen molar-refractivity contribution in [1.29, 1.82) is 0 Å². The number of rotatable bonds is 3. The maximum Gasteiger partial charge on any atom is 0.119 e. The highest BCUT2D eigenvalue weighted by Crippen LogP contribution is 2.32. The van der Waals surface area contributed by atoms with Gasteiger partial charge in [0.25, 0.3) is 0 Å². The summed E-state index contributed by atoms with van der Waals surface area (Å²) in [6, 6.07) is 15.4. The molecule has 2 heteroatoms. The van der Waals surface area contributed by atoms with E-state index >= 15 is 0 Å². The van der Waals surface area contributed by atoms with Gasteiger partial charge in [-0.05, 0) is 42.7 Å². The Hall–Kier alpha value is -1.80. The molecule has 0 saturated heterocycles. The minimum Gasteiger partial charge on any atom is -0.497 e. The van der Waals surface area contributed by atoms with E-state index in [1.807, 2.05) is 62.4 Å². The van der Waals surface area contributed by atoms with Gasteiger partial charge in [-0.1, -0.05) is 36.4 Å². The van der Waals surface area contributed by atoms with Gasteiger partial charge in [0.05, 0.1) is 7.11 Å². The average molecular weight is 242 g/mol. The molecule has 18 heavy (non-hydrogen) atoms. The van der Waals surface area contributed by atoms with E-state index < -0.39 is 5.60 Å². The predicted octanol–water partition coefficient (Wildman–Crippen LogP) is 3.26. The Morgan fingerprint density at radius 1 is 1.06 bits per heavy atom. The second kappa shape index (κ2) is 4.83. The lowest BCUT2D eigenvalue weighted by Gasteiger charge is -2.26. The van der Waals surface area contributed by atoms with Crippen molar-refractivity contribution in [3.8, 4) is 5.75 Å². The van der Waals surface area contributed by atoms with Crippen LogP contribution >= 0.6 is 0 Å². The van der Waals surface area contributed by atoms with Gasteiger partial charge in [0.2, 0.25) is 0 Å². The Kier molecular flexibility index (Phi) is 3.39. The molecule has 0 spiro atoms. The summed E-state index contributed by atoms with van der Waals surface area (Å²) in [7, 11) is 1.63. The van der Waals surface area contributed by atoms with E-state index in [0.29, 0.717) is 0 Å². The fourth-order valence-corrected chi connectivity index (χ4v) is 2.20. The first-order valence-electron chi connectivity index (χ1n) is 5.98. The maximum absolute atomic E-state index is 10.8. The van der Waals surface area contributed by atoms with Crippen LogP contribution in [0.5, 0.6) is 5.75 Å². The lowest BCUT2D eigenvalue weighted by atomic mass is 9.85. The van der Waals surface area contributed by atoms with E-state index in [1.165, 1.54) is 0 Å². The number of methoxy groups -OCH3 is 1. The zero-order chi connectivity index (χ0) is 13.2. The fraction of sp³-hybridized carbons (Fsp3) is 0.250. The zero-order valence-electron chi connectivity index (χ0n) is 11.0. The number of benzene rings is 2. The molecule has 0 fully saturated rings. The van der Waals surface area contributed by atoms with Crippen LogP contribution in [0.4, 0.5) is 0 Å². The van der Waals surface area contributed by atoms with E-state index in [9.17, 15) is 5.11 Å². The van der Waals surface area contributed by atoms with Crippen molar-refractivity contribution in [2.45, 2.75) is 19.4 Å². The molecule has 0 heterocycles. The highest BCUT2D eigenvalue weighted by molar-refractivity contribution is 5.42. The van der Waals surface area contributed by atoms with E-state index in [0.717, 1.165) is 22.4 Å². The van der Waals surface area contributed by atoms with Crippen molar-refractivity contribution in [1.82, 2.24) is 0 Å². The third-order valence-corrected chi connectivity index (χ3v) is 3.30. The van der Waals surface area contributed by atoms with Gasteiger partial charge in [0.15, 0.2) is 0 Å². The van der Waals surface area contributed by atoms with Crippen LogP contribution < -0.4 is 4.74 Å². The topological polar surface area (TPSA) is 29.5 Å². The third kappa shape index (κ3) is 2.24. The molecular formula is C16H18O2. The first-order valence-corrected chi connectivity index (χ1v) is 5.98. The van der Waals surface area contributed by atoms with Crippen molar-refractivity contribution in [2.75, 3.05) is 7.11 Å². The van der Waals surface area contributed by atoms with Crippen LogP contribution in [0.25, 0.3) is 0 Å². The zero-order valence-corrected chi connectivity index (χ0v) is 11.0. The van der Waals surface area contributed by atoms with Gasteiger partial charge in [-0.3, -0.25) is 0 Å². The summed E-state index contributed by atoms with van der Waals surface area (Å²) in [4.78, 5) is 0. The predicted molar refractivity (Wildman–Crippen MR) is 72.8 cm³/mol. The lowest BCUT2D eigenvalue weighted by molar-refractivity contribution is 0.101. The highest BCUT2D eigenvalue weighted by atomic mass is 16.5. The van der Waals surface area contributed by atoms with Gasteiger partial charge in [-0.2, -0.15) is 0 Å². The first kappa shape index (κ1) is 12.7. The largest absolute Gasteiger partial charge is 0.497 e. The van der Waals surface area contributed by atoms with Crippen molar-refractivity contribution >= 4 is 0 Å². The normalized spacial score (nSPS) is 14.0. The Morgan fingerprint density at radius 2 is 1.78 bits per heavy atom. The van der Waals surface area contributed by atoms with E-state index in [1.54, 1.807) is 7.11 Å². The minimum absolute atomic E-state index is 0.751. The minimum atomic E-state index is -1.01. The highest BCUT2D eigenvalue weighted by Gasteiger charge is 2.27. The van der Waals surface area contributed by atoms with Gasteiger partial charge >= 0.3 is 0 Å². The van der Waals surface area contributed by atoms with E-state index in [-0.39, 0.29) is 0 Å². The molecule has 0 saturated carbocycles. The molecule has 0 amide bonds. The molecule has 2 aromatic rings. The summed E-state index contributed by atoms with van der Waals surface area (Å²) in [5.74, 6) is 0.751. The molecule has 2 aromatic carbocycles. The molecule has 2 rings (SSSR count). The van der Waals surface area contributed by atoms with Gasteiger partial charge in [-0.15, -0.1) is 0 Å². The number of aryl methyl sites for hydroxylation is 1. The Balaban J connectivity index is 2.50. The molecule has 94 valence electrons. The van der Waals surface area contributed by atoms with Crippen molar-refractivity contribution in [2.24, 2.45) is 0 Å². The molecule has 2 nitrogen and oxygen atoms in total. The second-order valence-corrected chi connectivity index (χ2v) is 4.62. The summed E-state index contributed by atoms with van der Waals surface area (Å²) in [6.45, 7) is 3.81. The number of hydrogen-bond donors (Lipinski definition) is 1. The monoisotopic (exact) mass is 242 g/mol. The molecule has 1 unspecified atom stereocenters. The summed E-state index contributed by atoms with van der Waals surface area (Å²) >= 11 is 0. The smallest absolute Gasteiger partial charge is 0.119 e. The van der Waals surface area contributed by atoms with Crippen molar-refractivity contribution in [3.05, 3.63) is 65.2 Å². The van der Waals surface area contributed by atoms with Crippen LogP contribution in [0, 0.1) is 6.92 Å². The molecule has 0 aliphatic heterocycles. The Morgan fingerprint density at radius 3 is 2.44 bits per heavy atom. The van der Waals surface area contributed by atoms with Gasteiger partial charge in [-0.25, -0.2) is 0 Å². The van der Waals surface area contributed by atoms with Crippen LogP contribution in [-0.2, 0) is 5.60 Å². The molecule has 0 aromatic heterocycles. The number of ether oxygens (including phenoxy) is 1. The molecule has 0 aliphatic carbocycles. The second-order valence-electron chi connectivity index (χ2n) is 4.62. The summed E-state index contributed by atoms with van der Waals surface area (Å²) in [6.07, 6.45) is 0. The number of aliphatic hydroxyl groups is 1.